The van der Waals surface area contributed by atoms with Gasteiger partial charge in [-0.15, -0.1) is 0 Å². The minimum Gasteiger partial charge on any atom is -0.618 e. The highest BCUT2D eigenvalue weighted by molar-refractivity contribution is 5.77. The van der Waals surface area contributed by atoms with Crippen molar-refractivity contribution in [1.82, 2.24) is 4.98 Å². The maximum Gasteiger partial charge on any atom is 0.250 e. The quantitative estimate of drug-likeness (QED) is 0.523. The lowest BCUT2D eigenvalue weighted by Crippen LogP contribution is -2.29. The minimum absolute atomic E-state index is 0.601. The lowest BCUT2D eigenvalue weighted by atomic mass is 9.98. The van der Waals surface area contributed by atoms with E-state index in [0.717, 1.165) is 43.8 Å². The molecule has 0 bridgehead atoms. The number of nitrogens with zero attached hydrogens (tertiary/aromatic N) is 2. The van der Waals surface area contributed by atoms with Gasteiger partial charge in [-0.1, -0.05) is 34.4 Å². The Kier molecular flexibility index (Phi) is 3.87. The zero-order valence-electron chi connectivity index (χ0n) is 13.9. The molecule has 1 aromatic heterocycles. The summed E-state index contributed by atoms with van der Waals surface area (Å²) in [5, 5.41) is 12.5. The van der Waals surface area contributed by atoms with Crippen molar-refractivity contribution in [2.75, 3.05) is 0 Å². The van der Waals surface area contributed by atoms with Gasteiger partial charge < -0.3 is 5.21 Å². The average molecular weight is 304 g/mol. The maximum atomic E-state index is 12.5. The molecule has 0 N–H and O–H groups in total. The van der Waals surface area contributed by atoms with Crippen LogP contribution >= 0.6 is 0 Å². The molecule has 3 nitrogen and oxygen atoms in total. The van der Waals surface area contributed by atoms with Gasteiger partial charge in [0.2, 0.25) is 5.69 Å². The predicted molar refractivity (Wildman–Crippen MR) is 93.0 cm³/mol. The number of aryl methyl sites for hydroxylation is 4. The van der Waals surface area contributed by atoms with Crippen LogP contribution in [0.3, 0.4) is 0 Å². The summed E-state index contributed by atoms with van der Waals surface area (Å²) in [6.07, 6.45) is 3.02. The highest BCUT2D eigenvalue weighted by Gasteiger charge is 2.19. The summed E-state index contributed by atoms with van der Waals surface area (Å²) in [6.45, 7) is 8.19. The van der Waals surface area contributed by atoms with Crippen LogP contribution in [0.25, 0.3) is 22.5 Å². The van der Waals surface area contributed by atoms with Crippen molar-refractivity contribution >= 4 is 0 Å². The fraction of sp³-hybridized carbons (Fsp3) is 0.200. The number of benzene rings is 2. The van der Waals surface area contributed by atoms with Crippen LogP contribution in [0.5, 0.6) is 0 Å². The predicted octanol–water partition coefficient (Wildman–Crippen LogP) is 4.28. The number of hydrogen-bond donors (Lipinski definition) is 0. The Bertz CT molecular complexity index is 844. The zero-order valence-corrected chi connectivity index (χ0v) is 13.9. The molecular weight excluding hydrogens is 284 g/mol. The van der Waals surface area contributed by atoms with E-state index in [-0.39, 0.29) is 0 Å². The molecule has 23 heavy (non-hydrogen) atoms. The van der Waals surface area contributed by atoms with Gasteiger partial charge >= 0.3 is 0 Å². The molecule has 0 fully saturated rings. The monoisotopic (exact) mass is 304 g/mol. The lowest BCUT2D eigenvalue weighted by Gasteiger charge is -2.11. The summed E-state index contributed by atoms with van der Waals surface area (Å²) >= 11 is 0. The Hall–Kier alpha value is -2.68. The summed E-state index contributed by atoms with van der Waals surface area (Å²) in [6, 6.07) is 12.4. The van der Waals surface area contributed by atoms with E-state index in [4.69, 9.17) is 0 Å². The van der Waals surface area contributed by atoms with Crippen LogP contribution in [0.1, 0.15) is 22.3 Å². The van der Waals surface area contributed by atoms with Crippen molar-refractivity contribution in [2.24, 2.45) is 0 Å². The van der Waals surface area contributed by atoms with Crippen molar-refractivity contribution in [3.05, 3.63) is 76.3 Å². The van der Waals surface area contributed by atoms with Crippen molar-refractivity contribution in [3.63, 3.8) is 0 Å². The molecule has 3 heteroatoms. The summed E-state index contributed by atoms with van der Waals surface area (Å²) < 4.78 is 0.911. The Morgan fingerprint density at radius 2 is 1.22 bits per heavy atom. The Morgan fingerprint density at radius 3 is 1.74 bits per heavy atom. The Morgan fingerprint density at radius 1 is 0.739 bits per heavy atom. The minimum atomic E-state index is 0.601. The van der Waals surface area contributed by atoms with Crippen molar-refractivity contribution in [1.29, 1.82) is 0 Å². The number of rotatable bonds is 2. The van der Waals surface area contributed by atoms with E-state index in [9.17, 15) is 5.21 Å². The maximum absolute atomic E-state index is 12.5. The van der Waals surface area contributed by atoms with E-state index in [1.807, 2.05) is 26.0 Å². The molecule has 116 valence electrons. The first-order valence-corrected chi connectivity index (χ1v) is 7.69. The van der Waals surface area contributed by atoms with Gasteiger partial charge in [0.25, 0.3) is 0 Å². The van der Waals surface area contributed by atoms with Crippen LogP contribution in [0.15, 0.2) is 48.8 Å². The Balaban J connectivity index is 2.29. The van der Waals surface area contributed by atoms with Crippen LogP contribution in [-0.4, -0.2) is 4.98 Å². The van der Waals surface area contributed by atoms with E-state index in [1.54, 1.807) is 6.20 Å². The largest absolute Gasteiger partial charge is 0.618 e. The van der Waals surface area contributed by atoms with Gasteiger partial charge in [-0.2, -0.15) is 4.73 Å². The Labute approximate surface area is 136 Å². The SMILES string of the molecule is Cc1cc(C)cc(-c2ncc[n+]([O-])c2-c2cc(C)cc(C)c2)c1. The second-order valence-electron chi connectivity index (χ2n) is 6.20. The van der Waals surface area contributed by atoms with Crippen molar-refractivity contribution in [2.45, 2.75) is 27.7 Å². The standard InChI is InChI=1S/C20H20N2O/c1-13-7-14(2)10-17(9-13)19-20(22(23)6-5-21-19)18-11-15(3)8-16(4)12-18/h5-12H,1-4H3. The second kappa shape index (κ2) is 5.84. The first kappa shape index (κ1) is 15.2. The number of aromatic nitrogens is 2. The van der Waals surface area contributed by atoms with Gasteiger partial charge in [0, 0.05) is 5.56 Å². The lowest BCUT2D eigenvalue weighted by molar-refractivity contribution is -0.593. The highest BCUT2D eigenvalue weighted by atomic mass is 16.5. The molecule has 2 aromatic carbocycles. The highest BCUT2D eigenvalue weighted by Crippen LogP contribution is 2.29. The molecule has 0 aliphatic rings. The van der Waals surface area contributed by atoms with Gasteiger partial charge in [0.05, 0.1) is 11.8 Å². The molecule has 0 aliphatic carbocycles. The van der Waals surface area contributed by atoms with Crippen LogP contribution in [0, 0.1) is 32.9 Å². The fourth-order valence-electron chi connectivity index (χ4n) is 3.11. The smallest absolute Gasteiger partial charge is 0.250 e. The average Bonchev–Trinajstić information content (AvgIpc) is 2.44. The van der Waals surface area contributed by atoms with Gasteiger partial charge in [-0.05, 0) is 52.0 Å². The van der Waals surface area contributed by atoms with Crippen molar-refractivity contribution < 1.29 is 4.73 Å². The van der Waals surface area contributed by atoms with Crippen LogP contribution < -0.4 is 4.73 Å². The summed E-state index contributed by atoms with van der Waals surface area (Å²) in [7, 11) is 0. The van der Waals surface area contributed by atoms with E-state index in [1.165, 1.54) is 6.20 Å². The first-order chi connectivity index (χ1) is 10.9. The third kappa shape index (κ3) is 3.09. The third-order valence-electron chi connectivity index (χ3n) is 3.84. The van der Waals surface area contributed by atoms with E-state index in [0.29, 0.717) is 5.69 Å². The van der Waals surface area contributed by atoms with Crippen LogP contribution in [0.4, 0.5) is 0 Å². The fourth-order valence-corrected chi connectivity index (χ4v) is 3.11. The normalized spacial score (nSPS) is 10.8. The third-order valence-corrected chi connectivity index (χ3v) is 3.84. The molecule has 0 amide bonds. The van der Waals surface area contributed by atoms with Gasteiger partial charge in [0.1, 0.15) is 5.69 Å². The molecule has 1 heterocycles. The molecule has 0 atom stereocenters. The summed E-state index contributed by atoms with van der Waals surface area (Å²) in [4.78, 5) is 4.51. The van der Waals surface area contributed by atoms with Crippen LogP contribution in [-0.2, 0) is 0 Å². The zero-order chi connectivity index (χ0) is 16.6. The summed E-state index contributed by atoms with van der Waals surface area (Å²) in [5.41, 5.74) is 7.79. The molecule has 0 unspecified atom stereocenters. The molecule has 0 radical (unpaired) electrons. The van der Waals surface area contributed by atoms with Crippen LogP contribution in [0.2, 0.25) is 0 Å². The molecule has 0 saturated heterocycles. The van der Waals surface area contributed by atoms with Gasteiger partial charge in [0.15, 0.2) is 6.20 Å². The molecule has 0 aliphatic heterocycles. The van der Waals surface area contributed by atoms with E-state index >= 15 is 0 Å². The first-order valence-electron chi connectivity index (χ1n) is 7.69. The van der Waals surface area contributed by atoms with E-state index in [2.05, 4.69) is 43.1 Å². The van der Waals surface area contributed by atoms with Crippen molar-refractivity contribution in [3.8, 4) is 22.5 Å². The van der Waals surface area contributed by atoms with Gasteiger partial charge in [-0.25, -0.2) is 4.98 Å². The molecular formula is C20H20N2O. The second-order valence-corrected chi connectivity index (χ2v) is 6.20. The molecule has 0 spiro atoms. The topological polar surface area (TPSA) is 39.8 Å². The van der Waals surface area contributed by atoms with E-state index < -0.39 is 0 Å². The number of hydrogen-bond acceptors (Lipinski definition) is 2. The molecule has 3 rings (SSSR count). The molecule has 3 aromatic rings. The molecule has 0 saturated carbocycles. The van der Waals surface area contributed by atoms with Gasteiger partial charge in [-0.3, -0.25) is 0 Å². The summed E-state index contributed by atoms with van der Waals surface area (Å²) in [5.74, 6) is 0.